The number of rotatable bonds is 0. The summed E-state index contributed by atoms with van der Waals surface area (Å²) in [5.41, 5.74) is 0. The fourth-order valence-corrected chi connectivity index (χ4v) is 1.95. The summed E-state index contributed by atoms with van der Waals surface area (Å²) in [6, 6.07) is 0. The summed E-state index contributed by atoms with van der Waals surface area (Å²) < 4.78 is 15.9. The lowest BCUT2D eigenvalue weighted by Crippen LogP contribution is -2.54. The standard InChI is InChI=1S/C9H14O5/c1-4-6-7(5(10)8(11)12-6)14-9(2,3)13-4/h4-7,10H,1-3H3/t4-,5-,6+,7+/m0/s1. The highest BCUT2D eigenvalue weighted by Crippen LogP contribution is 2.34. The number of carbonyl (C=O) groups excluding carboxylic acids is 1. The third kappa shape index (κ3) is 1.41. The zero-order valence-corrected chi connectivity index (χ0v) is 8.39. The Hall–Kier alpha value is -0.650. The zero-order valence-electron chi connectivity index (χ0n) is 8.39. The molecule has 0 radical (unpaired) electrons. The van der Waals surface area contributed by atoms with Gasteiger partial charge in [-0.25, -0.2) is 4.79 Å². The van der Waals surface area contributed by atoms with Crippen molar-refractivity contribution < 1.29 is 24.1 Å². The molecule has 0 spiro atoms. The van der Waals surface area contributed by atoms with Gasteiger partial charge in [0.2, 0.25) is 0 Å². The first-order chi connectivity index (χ1) is 6.41. The summed E-state index contributed by atoms with van der Waals surface area (Å²) in [4.78, 5) is 11.1. The number of carbonyl (C=O) groups is 1. The number of esters is 1. The number of ether oxygens (including phenoxy) is 3. The topological polar surface area (TPSA) is 65.0 Å². The van der Waals surface area contributed by atoms with Crippen LogP contribution in [0.15, 0.2) is 0 Å². The molecule has 4 atom stereocenters. The predicted octanol–water partition coefficient (Wildman–Crippen LogP) is -0.187. The molecular weight excluding hydrogens is 188 g/mol. The average molecular weight is 202 g/mol. The molecule has 0 aliphatic carbocycles. The summed E-state index contributed by atoms with van der Waals surface area (Å²) in [5, 5.41) is 9.49. The SMILES string of the molecule is C[C@@H]1OC(C)(C)O[C@H]2[C@@H]1OC(=O)[C@H]2O. The minimum atomic E-state index is -1.19. The van der Waals surface area contributed by atoms with Crippen LogP contribution in [0.3, 0.4) is 0 Å². The maximum absolute atomic E-state index is 11.1. The summed E-state index contributed by atoms with van der Waals surface area (Å²) in [6.07, 6.45) is -2.55. The highest BCUT2D eigenvalue weighted by Gasteiger charge is 2.53. The molecule has 5 heteroatoms. The summed E-state index contributed by atoms with van der Waals surface area (Å²) in [7, 11) is 0. The van der Waals surface area contributed by atoms with Crippen molar-refractivity contribution in [2.45, 2.75) is 51.0 Å². The van der Waals surface area contributed by atoms with Crippen molar-refractivity contribution in [3.05, 3.63) is 0 Å². The van der Waals surface area contributed by atoms with E-state index in [-0.39, 0.29) is 6.10 Å². The van der Waals surface area contributed by atoms with Gasteiger partial charge < -0.3 is 19.3 Å². The molecule has 2 aliphatic heterocycles. The van der Waals surface area contributed by atoms with Crippen LogP contribution in [0.2, 0.25) is 0 Å². The van der Waals surface area contributed by atoms with Crippen LogP contribution in [-0.4, -0.2) is 41.3 Å². The van der Waals surface area contributed by atoms with Crippen molar-refractivity contribution in [3.63, 3.8) is 0 Å². The van der Waals surface area contributed by atoms with Crippen molar-refractivity contribution in [2.75, 3.05) is 0 Å². The maximum atomic E-state index is 11.1. The summed E-state index contributed by atoms with van der Waals surface area (Å²) >= 11 is 0. The van der Waals surface area contributed by atoms with Crippen LogP contribution in [-0.2, 0) is 19.0 Å². The lowest BCUT2D eigenvalue weighted by molar-refractivity contribution is -0.323. The minimum Gasteiger partial charge on any atom is -0.455 e. The number of fused-ring (bicyclic) bond motifs is 1. The number of aliphatic hydroxyl groups excluding tert-OH is 1. The van der Waals surface area contributed by atoms with Crippen molar-refractivity contribution in [3.8, 4) is 0 Å². The van der Waals surface area contributed by atoms with Gasteiger partial charge in [-0.3, -0.25) is 0 Å². The Bertz CT molecular complexity index is 262. The maximum Gasteiger partial charge on any atom is 0.338 e. The number of hydrogen-bond donors (Lipinski definition) is 1. The van der Waals surface area contributed by atoms with Gasteiger partial charge >= 0.3 is 5.97 Å². The van der Waals surface area contributed by atoms with Crippen LogP contribution in [0.25, 0.3) is 0 Å². The smallest absolute Gasteiger partial charge is 0.338 e. The van der Waals surface area contributed by atoms with E-state index in [1.807, 2.05) is 0 Å². The first-order valence-corrected chi connectivity index (χ1v) is 4.65. The highest BCUT2D eigenvalue weighted by molar-refractivity contribution is 5.78. The van der Waals surface area contributed by atoms with E-state index >= 15 is 0 Å². The first-order valence-electron chi connectivity index (χ1n) is 4.65. The summed E-state index contributed by atoms with van der Waals surface area (Å²) in [6.45, 7) is 5.29. The van der Waals surface area contributed by atoms with Gasteiger partial charge in [0.25, 0.3) is 0 Å². The van der Waals surface area contributed by atoms with Crippen LogP contribution in [0.4, 0.5) is 0 Å². The van der Waals surface area contributed by atoms with E-state index in [4.69, 9.17) is 14.2 Å². The quantitative estimate of drug-likeness (QED) is 0.552. The molecule has 0 aromatic rings. The minimum absolute atomic E-state index is 0.259. The predicted molar refractivity (Wildman–Crippen MR) is 45.4 cm³/mol. The van der Waals surface area contributed by atoms with Crippen LogP contribution >= 0.6 is 0 Å². The van der Waals surface area contributed by atoms with E-state index in [0.29, 0.717) is 0 Å². The molecule has 0 aromatic carbocycles. The lowest BCUT2D eigenvalue weighted by atomic mass is 10.0. The van der Waals surface area contributed by atoms with Crippen molar-refractivity contribution in [2.24, 2.45) is 0 Å². The molecule has 2 rings (SSSR count). The van der Waals surface area contributed by atoms with Gasteiger partial charge in [-0.2, -0.15) is 0 Å². The molecule has 0 bridgehead atoms. The normalized spacial score (nSPS) is 45.9. The van der Waals surface area contributed by atoms with E-state index in [9.17, 15) is 9.90 Å². The number of hydrogen-bond acceptors (Lipinski definition) is 5. The molecule has 14 heavy (non-hydrogen) atoms. The van der Waals surface area contributed by atoms with E-state index in [2.05, 4.69) is 0 Å². The van der Waals surface area contributed by atoms with Crippen LogP contribution in [0.5, 0.6) is 0 Å². The van der Waals surface area contributed by atoms with Crippen LogP contribution in [0, 0.1) is 0 Å². The van der Waals surface area contributed by atoms with Gasteiger partial charge in [0.15, 0.2) is 18.0 Å². The second-order valence-electron chi connectivity index (χ2n) is 4.15. The average Bonchev–Trinajstić information content (AvgIpc) is 2.30. The third-order valence-corrected chi connectivity index (χ3v) is 2.48. The molecule has 5 nitrogen and oxygen atoms in total. The Morgan fingerprint density at radius 2 is 1.93 bits per heavy atom. The Labute approximate surface area is 81.9 Å². The van der Waals surface area contributed by atoms with E-state index in [0.717, 1.165) is 0 Å². The van der Waals surface area contributed by atoms with Crippen molar-refractivity contribution in [1.29, 1.82) is 0 Å². The second-order valence-corrected chi connectivity index (χ2v) is 4.15. The monoisotopic (exact) mass is 202 g/mol. The van der Waals surface area contributed by atoms with E-state index in [1.165, 1.54) is 0 Å². The van der Waals surface area contributed by atoms with E-state index in [1.54, 1.807) is 20.8 Å². The molecule has 0 unspecified atom stereocenters. The van der Waals surface area contributed by atoms with Gasteiger partial charge in [-0.1, -0.05) is 0 Å². The molecule has 0 saturated carbocycles. The van der Waals surface area contributed by atoms with Crippen molar-refractivity contribution in [1.82, 2.24) is 0 Å². The van der Waals surface area contributed by atoms with Gasteiger partial charge in [-0.15, -0.1) is 0 Å². The number of aliphatic hydroxyl groups is 1. The Morgan fingerprint density at radius 1 is 1.29 bits per heavy atom. The molecule has 2 aliphatic rings. The fourth-order valence-electron chi connectivity index (χ4n) is 1.95. The molecule has 1 N–H and O–H groups in total. The molecule has 80 valence electrons. The molecule has 0 amide bonds. The molecule has 2 fully saturated rings. The first kappa shape index (κ1) is 9.89. The van der Waals surface area contributed by atoms with Crippen LogP contribution < -0.4 is 0 Å². The zero-order chi connectivity index (χ0) is 10.5. The Kier molecular flexibility index (Phi) is 2.06. The second kappa shape index (κ2) is 2.92. The van der Waals surface area contributed by atoms with Gasteiger partial charge in [0.05, 0.1) is 6.10 Å². The Morgan fingerprint density at radius 3 is 2.57 bits per heavy atom. The lowest BCUT2D eigenvalue weighted by Gasteiger charge is -2.40. The van der Waals surface area contributed by atoms with Gasteiger partial charge in [0.1, 0.15) is 6.10 Å². The summed E-state index contributed by atoms with van der Waals surface area (Å²) in [5.74, 6) is -1.41. The molecule has 2 saturated heterocycles. The van der Waals surface area contributed by atoms with Gasteiger partial charge in [0, 0.05) is 0 Å². The van der Waals surface area contributed by atoms with Crippen molar-refractivity contribution >= 4 is 5.97 Å². The van der Waals surface area contributed by atoms with Gasteiger partial charge in [-0.05, 0) is 20.8 Å². The molecular formula is C9H14O5. The third-order valence-electron chi connectivity index (χ3n) is 2.48. The molecule has 2 heterocycles. The van der Waals surface area contributed by atoms with Crippen LogP contribution in [0.1, 0.15) is 20.8 Å². The fraction of sp³-hybridized carbons (Fsp3) is 0.889. The highest BCUT2D eigenvalue weighted by atomic mass is 16.7. The van der Waals surface area contributed by atoms with E-state index < -0.39 is 30.1 Å². The Balaban J connectivity index is 2.21. The largest absolute Gasteiger partial charge is 0.455 e. The molecule has 0 aromatic heterocycles.